The lowest BCUT2D eigenvalue weighted by atomic mass is 10.2. The van der Waals surface area contributed by atoms with Crippen LogP contribution in [-0.4, -0.2) is 34.7 Å². The molecule has 2 aromatic rings. The molecule has 5 nitrogen and oxygen atoms in total. The molecule has 23 heavy (non-hydrogen) atoms. The van der Waals surface area contributed by atoms with Crippen molar-refractivity contribution in [1.29, 1.82) is 0 Å². The van der Waals surface area contributed by atoms with Crippen molar-refractivity contribution in [2.24, 2.45) is 0 Å². The molecule has 1 aliphatic rings. The van der Waals surface area contributed by atoms with Crippen LogP contribution in [0.25, 0.3) is 0 Å². The first-order chi connectivity index (χ1) is 10.6. The molecule has 1 N–H and O–H groups in total. The van der Waals surface area contributed by atoms with Gasteiger partial charge in [-0.1, -0.05) is 18.2 Å². The predicted octanol–water partition coefficient (Wildman–Crippen LogP) is 2.30. The van der Waals surface area contributed by atoms with Gasteiger partial charge in [0.25, 0.3) is 0 Å². The lowest BCUT2D eigenvalue weighted by Crippen LogP contribution is -2.37. The lowest BCUT2D eigenvalue weighted by Gasteiger charge is -2.26. The summed E-state index contributed by atoms with van der Waals surface area (Å²) in [7, 11) is -1.70. The van der Waals surface area contributed by atoms with Gasteiger partial charge >= 0.3 is 0 Å². The molecule has 0 aromatic heterocycles. The number of fused-ring (bicyclic) bond motifs is 1. The average molecular weight is 356 g/mol. The molecular formula is C16H18ClNO4S. The Morgan fingerprint density at radius 2 is 1.83 bits per heavy atom. The van der Waals surface area contributed by atoms with Crippen LogP contribution in [0.4, 0.5) is 0 Å². The Kier molecular flexibility index (Phi) is 5.51. The van der Waals surface area contributed by atoms with Crippen molar-refractivity contribution in [3.8, 4) is 11.5 Å². The van der Waals surface area contributed by atoms with E-state index < -0.39 is 9.84 Å². The third-order valence-electron chi connectivity index (χ3n) is 3.43. The molecule has 0 fully saturated rings. The maximum atomic E-state index is 12.6. The molecule has 0 spiro atoms. The van der Waals surface area contributed by atoms with E-state index in [9.17, 15) is 8.42 Å². The Morgan fingerprint density at radius 3 is 2.52 bits per heavy atom. The summed E-state index contributed by atoms with van der Waals surface area (Å²) in [4.78, 5) is 0.466. The van der Waals surface area contributed by atoms with E-state index in [-0.39, 0.29) is 28.3 Å². The summed E-state index contributed by atoms with van der Waals surface area (Å²) in [6.07, 6.45) is -0.0749. The summed E-state index contributed by atoms with van der Waals surface area (Å²) < 4.78 is 36.6. The number of hydrogen-bond donors (Lipinski definition) is 1. The number of sulfone groups is 1. The van der Waals surface area contributed by atoms with Gasteiger partial charge in [-0.3, -0.25) is 0 Å². The van der Waals surface area contributed by atoms with Crippen LogP contribution in [0.15, 0.2) is 58.3 Å². The first-order valence-electron chi connectivity index (χ1n) is 6.99. The van der Waals surface area contributed by atoms with Crippen molar-refractivity contribution in [2.75, 3.05) is 20.2 Å². The molecule has 0 radical (unpaired) electrons. The smallest absolute Gasteiger partial charge is 0.206 e. The van der Waals surface area contributed by atoms with Crippen molar-refractivity contribution in [3.63, 3.8) is 0 Å². The third kappa shape index (κ3) is 3.60. The van der Waals surface area contributed by atoms with Crippen LogP contribution in [0, 0.1) is 0 Å². The summed E-state index contributed by atoms with van der Waals surface area (Å²) in [5, 5.41) is 3.02. The minimum absolute atomic E-state index is 0. The predicted molar refractivity (Wildman–Crippen MR) is 89.4 cm³/mol. The molecule has 7 heteroatoms. The van der Waals surface area contributed by atoms with Crippen LogP contribution in [0.1, 0.15) is 0 Å². The van der Waals surface area contributed by atoms with Gasteiger partial charge in [0.2, 0.25) is 9.84 Å². The number of ether oxygens (including phenoxy) is 2. The second kappa shape index (κ2) is 7.21. The van der Waals surface area contributed by atoms with Crippen molar-refractivity contribution in [2.45, 2.75) is 15.9 Å². The quantitative estimate of drug-likeness (QED) is 0.911. The van der Waals surface area contributed by atoms with Gasteiger partial charge in [-0.2, -0.15) is 0 Å². The van der Waals surface area contributed by atoms with Crippen LogP contribution in [-0.2, 0) is 9.84 Å². The highest BCUT2D eigenvalue weighted by molar-refractivity contribution is 7.91. The highest BCUT2D eigenvalue weighted by Gasteiger charge is 2.24. The van der Waals surface area contributed by atoms with Gasteiger partial charge in [0.05, 0.1) is 9.79 Å². The van der Waals surface area contributed by atoms with Gasteiger partial charge in [-0.15, -0.1) is 12.4 Å². The first kappa shape index (κ1) is 17.6. The molecule has 1 heterocycles. The van der Waals surface area contributed by atoms with Crippen LogP contribution in [0.5, 0.6) is 11.5 Å². The van der Waals surface area contributed by atoms with Crippen LogP contribution in [0.2, 0.25) is 0 Å². The fraction of sp³-hybridized carbons (Fsp3) is 0.250. The number of benzene rings is 2. The Labute approximate surface area is 141 Å². The number of nitrogens with one attached hydrogen (secondary N) is 1. The molecule has 124 valence electrons. The zero-order chi connectivity index (χ0) is 15.6. The monoisotopic (exact) mass is 355 g/mol. The van der Waals surface area contributed by atoms with Crippen LogP contribution >= 0.6 is 12.4 Å². The van der Waals surface area contributed by atoms with E-state index in [4.69, 9.17) is 9.47 Å². The van der Waals surface area contributed by atoms with Crippen molar-refractivity contribution in [1.82, 2.24) is 5.32 Å². The lowest BCUT2D eigenvalue weighted by molar-refractivity contribution is 0.0916. The highest BCUT2D eigenvalue weighted by Crippen LogP contribution is 2.35. The summed E-state index contributed by atoms with van der Waals surface area (Å²) >= 11 is 0. The standard InChI is InChI=1S/C16H17NO4S.ClH/c1-17-10-12-11-20-16-9-14(7-8-15(16)21-12)22(18,19)13-5-3-2-4-6-13;/h2-9,12,17H,10-11H2,1H3;1H/t12-;/m0./s1. The topological polar surface area (TPSA) is 64.6 Å². The number of rotatable bonds is 4. The van der Waals surface area contributed by atoms with Crippen molar-refractivity contribution < 1.29 is 17.9 Å². The first-order valence-corrected chi connectivity index (χ1v) is 8.48. The second-order valence-corrected chi connectivity index (χ2v) is 6.98. The van der Waals surface area contributed by atoms with Crippen LogP contribution < -0.4 is 14.8 Å². The molecule has 2 aromatic carbocycles. The Balaban J connectivity index is 0.00000192. The van der Waals surface area contributed by atoms with E-state index in [1.165, 1.54) is 6.07 Å². The fourth-order valence-electron chi connectivity index (χ4n) is 2.33. The van der Waals surface area contributed by atoms with E-state index in [2.05, 4.69) is 5.32 Å². The number of likely N-dealkylation sites (N-methyl/N-ethyl adjacent to an activating group) is 1. The van der Waals surface area contributed by atoms with Gasteiger partial charge in [0, 0.05) is 12.6 Å². The summed E-state index contributed by atoms with van der Waals surface area (Å²) in [6, 6.07) is 13.1. The Hall–Kier alpha value is -1.76. The molecule has 1 aliphatic heterocycles. The molecule has 0 bridgehead atoms. The SMILES string of the molecule is CNC[C@H]1COc2cc(S(=O)(=O)c3ccccc3)ccc2O1.Cl. The molecule has 3 rings (SSSR count). The number of halogens is 1. The van der Waals surface area contributed by atoms with E-state index >= 15 is 0 Å². The molecule has 0 saturated heterocycles. The van der Waals surface area contributed by atoms with Gasteiger partial charge in [-0.25, -0.2) is 8.42 Å². The molecule has 0 aliphatic carbocycles. The van der Waals surface area contributed by atoms with E-state index in [0.717, 1.165) is 0 Å². The maximum Gasteiger partial charge on any atom is 0.206 e. The van der Waals surface area contributed by atoms with Gasteiger partial charge in [0.15, 0.2) is 11.5 Å². The van der Waals surface area contributed by atoms with Crippen LogP contribution in [0.3, 0.4) is 0 Å². The maximum absolute atomic E-state index is 12.6. The second-order valence-electron chi connectivity index (χ2n) is 5.03. The minimum Gasteiger partial charge on any atom is -0.486 e. The largest absolute Gasteiger partial charge is 0.486 e. The van der Waals surface area contributed by atoms with E-state index in [1.807, 2.05) is 7.05 Å². The molecule has 0 unspecified atom stereocenters. The Bertz CT molecular complexity index is 765. The minimum atomic E-state index is -3.54. The zero-order valence-corrected chi connectivity index (χ0v) is 14.2. The zero-order valence-electron chi connectivity index (χ0n) is 12.6. The normalized spacial score (nSPS) is 16.5. The van der Waals surface area contributed by atoms with E-state index in [1.54, 1.807) is 42.5 Å². The Morgan fingerprint density at radius 1 is 1.09 bits per heavy atom. The van der Waals surface area contributed by atoms with Crippen molar-refractivity contribution in [3.05, 3.63) is 48.5 Å². The fourth-order valence-corrected chi connectivity index (χ4v) is 3.62. The van der Waals surface area contributed by atoms with Gasteiger partial charge < -0.3 is 14.8 Å². The highest BCUT2D eigenvalue weighted by atomic mass is 35.5. The number of hydrogen-bond acceptors (Lipinski definition) is 5. The third-order valence-corrected chi connectivity index (χ3v) is 5.20. The summed E-state index contributed by atoms with van der Waals surface area (Å²) in [5.41, 5.74) is 0. The van der Waals surface area contributed by atoms with Gasteiger partial charge in [-0.05, 0) is 31.3 Å². The summed E-state index contributed by atoms with van der Waals surface area (Å²) in [5.74, 6) is 1.03. The van der Waals surface area contributed by atoms with E-state index in [0.29, 0.717) is 24.7 Å². The molecule has 1 atom stereocenters. The average Bonchev–Trinajstić information content (AvgIpc) is 2.55. The van der Waals surface area contributed by atoms with Gasteiger partial charge in [0.1, 0.15) is 12.7 Å². The van der Waals surface area contributed by atoms with Crippen molar-refractivity contribution >= 4 is 22.2 Å². The molecular weight excluding hydrogens is 338 g/mol. The molecule has 0 amide bonds. The molecule has 0 saturated carbocycles. The summed E-state index contributed by atoms with van der Waals surface area (Å²) in [6.45, 7) is 1.06.